The fourth-order valence-corrected chi connectivity index (χ4v) is 1.31. The number of nitrogens with zero attached hydrogens (tertiary/aromatic N) is 2. The topological polar surface area (TPSA) is 26.7 Å². The first-order chi connectivity index (χ1) is 5.08. The summed E-state index contributed by atoms with van der Waals surface area (Å²) in [6, 6.07) is 0. The highest BCUT2D eigenvalue weighted by Gasteiger charge is 2.38. The van der Waals surface area contributed by atoms with Crippen LogP contribution in [0, 0.1) is 0 Å². The molecular formula is C7H15FN2O. The zero-order valence-corrected chi connectivity index (χ0v) is 7.05. The van der Waals surface area contributed by atoms with Gasteiger partial charge >= 0.3 is 0 Å². The van der Waals surface area contributed by atoms with E-state index in [1.54, 1.807) is 11.9 Å². The van der Waals surface area contributed by atoms with Crippen molar-refractivity contribution < 1.29 is 9.50 Å². The molecule has 1 heterocycles. The minimum atomic E-state index is -1.53. The van der Waals surface area contributed by atoms with Crippen molar-refractivity contribution in [1.82, 2.24) is 9.80 Å². The molecule has 0 amide bonds. The van der Waals surface area contributed by atoms with Gasteiger partial charge in [0.15, 0.2) is 5.79 Å². The van der Waals surface area contributed by atoms with Gasteiger partial charge in [-0.3, -0.25) is 4.90 Å². The monoisotopic (exact) mass is 162 g/mol. The van der Waals surface area contributed by atoms with Crippen LogP contribution in [0.1, 0.15) is 0 Å². The third kappa shape index (κ3) is 1.69. The zero-order chi connectivity index (χ0) is 8.48. The number of piperazine rings is 1. The first-order valence-corrected chi connectivity index (χ1v) is 3.78. The molecule has 1 fully saturated rings. The number of aliphatic hydroxyl groups is 1. The Hall–Kier alpha value is -0.190. The van der Waals surface area contributed by atoms with E-state index in [0.29, 0.717) is 13.1 Å². The van der Waals surface area contributed by atoms with Crippen LogP contribution in [-0.2, 0) is 0 Å². The second-order valence-corrected chi connectivity index (χ2v) is 3.24. The number of rotatable bonds is 1. The minimum absolute atomic E-state index is 0.292. The molecule has 0 saturated carbocycles. The minimum Gasteiger partial charge on any atom is -0.392 e. The van der Waals surface area contributed by atoms with E-state index >= 15 is 0 Å². The Bertz CT molecular complexity index is 144. The van der Waals surface area contributed by atoms with Crippen molar-refractivity contribution in [2.45, 2.75) is 5.79 Å². The van der Waals surface area contributed by atoms with Crippen molar-refractivity contribution in [2.24, 2.45) is 0 Å². The molecule has 0 aromatic heterocycles. The third-order valence-electron chi connectivity index (χ3n) is 2.26. The molecular weight excluding hydrogens is 147 g/mol. The summed E-state index contributed by atoms with van der Waals surface area (Å²) in [5.41, 5.74) is 0. The van der Waals surface area contributed by atoms with Crippen LogP contribution >= 0.6 is 0 Å². The van der Waals surface area contributed by atoms with Gasteiger partial charge in [0.25, 0.3) is 0 Å². The molecule has 1 aliphatic rings. The van der Waals surface area contributed by atoms with Gasteiger partial charge in [0.1, 0.15) is 0 Å². The van der Waals surface area contributed by atoms with Crippen LogP contribution in [0.5, 0.6) is 0 Å². The second-order valence-electron chi connectivity index (χ2n) is 3.24. The second kappa shape index (κ2) is 3.05. The maximum atomic E-state index is 13.6. The Morgan fingerprint density at radius 3 is 2.55 bits per heavy atom. The Kier molecular flexibility index (Phi) is 2.47. The van der Waals surface area contributed by atoms with E-state index in [1.807, 2.05) is 11.9 Å². The van der Waals surface area contributed by atoms with Crippen molar-refractivity contribution >= 4 is 0 Å². The summed E-state index contributed by atoms with van der Waals surface area (Å²) in [6.07, 6.45) is 0. The van der Waals surface area contributed by atoms with Gasteiger partial charge in [-0.2, -0.15) is 0 Å². The lowest BCUT2D eigenvalue weighted by molar-refractivity contribution is -0.103. The molecule has 66 valence electrons. The van der Waals surface area contributed by atoms with Gasteiger partial charge < -0.3 is 10.0 Å². The third-order valence-corrected chi connectivity index (χ3v) is 2.26. The number of alkyl halides is 1. The molecule has 0 radical (unpaired) electrons. The average Bonchev–Trinajstić information content (AvgIpc) is 1.98. The zero-order valence-electron chi connectivity index (χ0n) is 7.05. The highest BCUT2D eigenvalue weighted by atomic mass is 19.1. The van der Waals surface area contributed by atoms with Crippen LogP contribution < -0.4 is 0 Å². The highest BCUT2D eigenvalue weighted by molar-refractivity contribution is 4.85. The summed E-state index contributed by atoms with van der Waals surface area (Å²) in [4.78, 5) is 3.45. The maximum absolute atomic E-state index is 13.6. The molecule has 0 spiro atoms. The summed E-state index contributed by atoms with van der Waals surface area (Å²) in [5.74, 6) is -1.53. The normalized spacial score (nSPS) is 36.0. The number of aliphatic hydroxyl groups excluding tert-OH is 1. The fraction of sp³-hybridized carbons (Fsp3) is 1.00. The largest absolute Gasteiger partial charge is 0.392 e. The molecule has 1 atom stereocenters. The van der Waals surface area contributed by atoms with Crippen molar-refractivity contribution in [1.29, 1.82) is 0 Å². The van der Waals surface area contributed by atoms with E-state index in [9.17, 15) is 4.39 Å². The number of likely N-dealkylation sites (N-methyl/N-ethyl adjacent to an activating group) is 2. The summed E-state index contributed by atoms with van der Waals surface area (Å²) >= 11 is 0. The maximum Gasteiger partial charge on any atom is 0.199 e. The molecule has 4 heteroatoms. The van der Waals surface area contributed by atoms with Gasteiger partial charge in [-0.05, 0) is 14.1 Å². The van der Waals surface area contributed by atoms with Crippen molar-refractivity contribution in [3.63, 3.8) is 0 Å². The van der Waals surface area contributed by atoms with E-state index in [1.165, 1.54) is 0 Å². The first-order valence-electron chi connectivity index (χ1n) is 3.78. The predicted octanol–water partition coefficient (Wildman–Crippen LogP) is -0.478. The average molecular weight is 162 g/mol. The summed E-state index contributed by atoms with van der Waals surface area (Å²) in [6.45, 7) is 1.41. The Labute approximate surface area is 66.4 Å². The standard InChI is InChI=1S/C7H15FN2O/c1-9-3-4-10(2)7(8,5-9)6-11/h11H,3-6H2,1-2H3. The first kappa shape index (κ1) is 8.90. The van der Waals surface area contributed by atoms with Gasteiger partial charge in [0.2, 0.25) is 0 Å². The van der Waals surface area contributed by atoms with Crippen molar-refractivity contribution in [2.75, 3.05) is 40.3 Å². The van der Waals surface area contributed by atoms with E-state index in [4.69, 9.17) is 5.11 Å². The van der Waals surface area contributed by atoms with E-state index in [-0.39, 0.29) is 0 Å². The SMILES string of the molecule is CN1CCN(C)C(F)(CO)C1. The van der Waals surface area contributed by atoms with Crippen LogP contribution in [0.3, 0.4) is 0 Å². The molecule has 1 saturated heterocycles. The van der Waals surface area contributed by atoms with Gasteiger partial charge in [-0.1, -0.05) is 0 Å². The lowest BCUT2D eigenvalue weighted by Crippen LogP contribution is -2.59. The number of halogens is 1. The van der Waals surface area contributed by atoms with E-state index in [2.05, 4.69) is 0 Å². The fourth-order valence-electron chi connectivity index (χ4n) is 1.31. The highest BCUT2D eigenvalue weighted by Crippen LogP contribution is 2.19. The van der Waals surface area contributed by atoms with Crippen molar-refractivity contribution in [3.05, 3.63) is 0 Å². The van der Waals surface area contributed by atoms with Gasteiger partial charge in [-0.15, -0.1) is 0 Å². The van der Waals surface area contributed by atoms with Crippen LogP contribution in [0.2, 0.25) is 0 Å². The lowest BCUT2D eigenvalue weighted by atomic mass is 10.1. The Balaban J connectivity index is 2.60. The molecule has 1 aliphatic heterocycles. The molecule has 0 aliphatic carbocycles. The molecule has 3 nitrogen and oxygen atoms in total. The number of hydrogen-bond acceptors (Lipinski definition) is 3. The van der Waals surface area contributed by atoms with E-state index in [0.717, 1.165) is 6.54 Å². The summed E-state index contributed by atoms with van der Waals surface area (Å²) < 4.78 is 13.6. The lowest BCUT2D eigenvalue weighted by Gasteiger charge is -2.41. The van der Waals surface area contributed by atoms with E-state index < -0.39 is 12.4 Å². The number of hydrogen-bond donors (Lipinski definition) is 1. The van der Waals surface area contributed by atoms with Gasteiger partial charge in [-0.25, -0.2) is 4.39 Å². The summed E-state index contributed by atoms with van der Waals surface area (Å²) in [7, 11) is 3.56. The summed E-state index contributed by atoms with van der Waals surface area (Å²) in [5, 5.41) is 8.80. The Morgan fingerprint density at radius 2 is 2.09 bits per heavy atom. The molecule has 1 rings (SSSR count). The van der Waals surface area contributed by atoms with Crippen LogP contribution in [-0.4, -0.2) is 61.0 Å². The molecule has 0 aromatic rings. The van der Waals surface area contributed by atoms with Crippen LogP contribution in [0.25, 0.3) is 0 Å². The molecule has 11 heavy (non-hydrogen) atoms. The van der Waals surface area contributed by atoms with Gasteiger partial charge in [0, 0.05) is 19.6 Å². The molecule has 1 unspecified atom stereocenters. The quantitative estimate of drug-likeness (QED) is 0.528. The molecule has 1 N–H and O–H groups in total. The Morgan fingerprint density at radius 1 is 1.45 bits per heavy atom. The smallest absolute Gasteiger partial charge is 0.199 e. The molecule has 0 bridgehead atoms. The van der Waals surface area contributed by atoms with Crippen LogP contribution in [0.4, 0.5) is 4.39 Å². The molecule has 0 aromatic carbocycles. The predicted molar refractivity (Wildman–Crippen MR) is 41.1 cm³/mol. The van der Waals surface area contributed by atoms with Crippen LogP contribution in [0.15, 0.2) is 0 Å². The van der Waals surface area contributed by atoms with Crippen molar-refractivity contribution in [3.8, 4) is 0 Å². The van der Waals surface area contributed by atoms with Gasteiger partial charge in [0.05, 0.1) is 6.61 Å².